The SMILES string of the molecule is Br.Clc1ccccc1Nc1nc(-c2ccccc2)c(-c2ccccc2)s1. The highest BCUT2D eigenvalue weighted by atomic mass is 79.9. The summed E-state index contributed by atoms with van der Waals surface area (Å²) in [5.74, 6) is 0. The maximum Gasteiger partial charge on any atom is 0.188 e. The Balaban J connectivity index is 0.00000196. The first-order valence-electron chi connectivity index (χ1n) is 7.94. The number of nitrogens with zero attached hydrogens (tertiary/aromatic N) is 1. The molecule has 3 aromatic carbocycles. The van der Waals surface area contributed by atoms with E-state index in [2.05, 4.69) is 29.6 Å². The van der Waals surface area contributed by atoms with Gasteiger partial charge in [-0.1, -0.05) is 95.7 Å². The number of anilines is 2. The van der Waals surface area contributed by atoms with Crippen molar-refractivity contribution in [1.29, 1.82) is 0 Å². The standard InChI is InChI=1S/C21H15ClN2S.BrH/c22-17-13-7-8-14-18(17)23-21-24-19(15-9-3-1-4-10-15)20(25-21)16-11-5-2-6-12-16;/h1-14H,(H,23,24);1H. The van der Waals surface area contributed by atoms with Crippen LogP contribution in [0.1, 0.15) is 0 Å². The first-order chi connectivity index (χ1) is 12.3. The minimum atomic E-state index is 0. The number of para-hydroxylation sites is 1. The molecule has 4 aromatic rings. The summed E-state index contributed by atoms with van der Waals surface area (Å²) < 4.78 is 0. The zero-order valence-electron chi connectivity index (χ0n) is 13.7. The smallest absolute Gasteiger partial charge is 0.188 e. The summed E-state index contributed by atoms with van der Waals surface area (Å²) in [6, 6.07) is 28.3. The molecule has 0 atom stereocenters. The fourth-order valence-corrected chi connectivity index (χ4v) is 3.82. The normalized spacial score (nSPS) is 10.2. The molecule has 0 amide bonds. The van der Waals surface area contributed by atoms with E-state index < -0.39 is 0 Å². The van der Waals surface area contributed by atoms with E-state index in [1.165, 1.54) is 0 Å². The summed E-state index contributed by atoms with van der Waals surface area (Å²) in [6.07, 6.45) is 0. The van der Waals surface area contributed by atoms with Gasteiger partial charge in [-0.15, -0.1) is 17.0 Å². The second-order valence-electron chi connectivity index (χ2n) is 5.53. The molecule has 130 valence electrons. The Hall–Kier alpha value is -2.14. The second-order valence-corrected chi connectivity index (χ2v) is 6.94. The summed E-state index contributed by atoms with van der Waals surface area (Å²) in [4.78, 5) is 5.98. The predicted octanol–water partition coefficient (Wildman–Crippen LogP) is 7.45. The summed E-state index contributed by atoms with van der Waals surface area (Å²) in [6.45, 7) is 0. The first-order valence-corrected chi connectivity index (χ1v) is 9.14. The fourth-order valence-electron chi connectivity index (χ4n) is 2.63. The van der Waals surface area contributed by atoms with Crippen molar-refractivity contribution >= 4 is 50.7 Å². The van der Waals surface area contributed by atoms with Gasteiger partial charge in [0.05, 0.1) is 21.3 Å². The van der Waals surface area contributed by atoms with Crippen molar-refractivity contribution in [3.8, 4) is 21.7 Å². The largest absolute Gasteiger partial charge is 0.330 e. The Bertz CT molecular complexity index is 930. The van der Waals surface area contributed by atoms with Gasteiger partial charge in [0.1, 0.15) is 0 Å². The van der Waals surface area contributed by atoms with Crippen LogP contribution in [-0.2, 0) is 0 Å². The molecule has 0 bridgehead atoms. The minimum absolute atomic E-state index is 0. The summed E-state index contributed by atoms with van der Waals surface area (Å²) in [5.41, 5.74) is 4.10. The fraction of sp³-hybridized carbons (Fsp3) is 0. The van der Waals surface area contributed by atoms with Gasteiger partial charge in [-0.25, -0.2) is 4.98 Å². The van der Waals surface area contributed by atoms with Gasteiger partial charge in [-0.05, 0) is 17.7 Å². The van der Waals surface area contributed by atoms with Crippen LogP contribution in [0.4, 0.5) is 10.8 Å². The molecule has 0 spiro atoms. The topological polar surface area (TPSA) is 24.9 Å². The molecule has 0 unspecified atom stereocenters. The van der Waals surface area contributed by atoms with Gasteiger partial charge in [-0.3, -0.25) is 0 Å². The molecule has 1 N–H and O–H groups in total. The molecule has 0 saturated carbocycles. The molecule has 0 saturated heterocycles. The molecule has 4 rings (SSSR count). The molecule has 1 heterocycles. The maximum absolute atomic E-state index is 6.27. The molecule has 0 aliphatic carbocycles. The molecule has 1 aromatic heterocycles. The van der Waals surface area contributed by atoms with Gasteiger partial charge in [0.2, 0.25) is 0 Å². The van der Waals surface area contributed by atoms with Gasteiger partial charge >= 0.3 is 0 Å². The number of hydrogen-bond donors (Lipinski definition) is 1. The quantitative estimate of drug-likeness (QED) is 0.354. The van der Waals surface area contributed by atoms with E-state index in [0.29, 0.717) is 5.02 Å². The molecule has 2 nitrogen and oxygen atoms in total. The lowest BCUT2D eigenvalue weighted by Gasteiger charge is -2.03. The van der Waals surface area contributed by atoms with Crippen LogP contribution in [0.3, 0.4) is 0 Å². The van der Waals surface area contributed by atoms with Crippen LogP contribution >= 0.6 is 39.9 Å². The van der Waals surface area contributed by atoms with Crippen LogP contribution in [0.15, 0.2) is 84.9 Å². The van der Waals surface area contributed by atoms with E-state index in [1.807, 2.05) is 60.7 Å². The van der Waals surface area contributed by atoms with Crippen molar-refractivity contribution in [3.63, 3.8) is 0 Å². The molecule has 0 aliphatic heterocycles. The van der Waals surface area contributed by atoms with E-state index in [-0.39, 0.29) is 17.0 Å². The predicted molar refractivity (Wildman–Crippen MR) is 118 cm³/mol. The van der Waals surface area contributed by atoms with Crippen LogP contribution < -0.4 is 5.32 Å². The van der Waals surface area contributed by atoms with Crippen LogP contribution in [0, 0.1) is 0 Å². The van der Waals surface area contributed by atoms with Crippen LogP contribution in [0.25, 0.3) is 21.7 Å². The number of benzene rings is 3. The Morgan fingerprint density at radius 1 is 0.731 bits per heavy atom. The molecule has 0 aliphatic rings. The summed E-state index contributed by atoms with van der Waals surface area (Å²) >= 11 is 7.90. The van der Waals surface area contributed by atoms with Crippen LogP contribution in [0.5, 0.6) is 0 Å². The van der Waals surface area contributed by atoms with E-state index in [4.69, 9.17) is 16.6 Å². The summed E-state index contributed by atoms with van der Waals surface area (Å²) in [5, 5.41) is 4.85. The third kappa shape index (κ3) is 3.98. The monoisotopic (exact) mass is 442 g/mol. The number of hydrogen-bond acceptors (Lipinski definition) is 3. The molecule has 5 heteroatoms. The average Bonchev–Trinajstić information content (AvgIpc) is 3.09. The Kier molecular flexibility index (Phi) is 6.09. The lowest BCUT2D eigenvalue weighted by Crippen LogP contribution is -1.90. The van der Waals surface area contributed by atoms with Gasteiger partial charge in [0.25, 0.3) is 0 Å². The highest BCUT2D eigenvalue weighted by Gasteiger charge is 2.15. The second kappa shape index (κ2) is 8.49. The number of nitrogens with one attached hydrogen (secondary N) is 1. The molecule has 0 fully saturated rings. The highest BCUT2D eigenvalue weighted by molar-refractivity contribution is 8.93. The van der Waals surface area contributed by atoms with Gasteiger partial charge in [-0.2, -0.15) is 0 Å². The lowest BCUT2D eigenvalue weighted by atomic mass is 10.1. The first kappa shape index (κ1) is 18.6. The number of thiazole rings is 1. The van der Waals surface area contributed by atoms with Crippen molar-refractivity contribution < 1.29 is 0 Å². The third-order valence-electron chi connectivity index (χ3n) is 3.83. The van der Waals surface area contributed by atoms with E-state index in [9.17, 15) is 0 Å². The number of rotatable bonds is 4. The summed E-state index contributed by atoms with van der Waals surface area (Å²) in [7, 11) is 0. The van der Waals surface area contributed by atoms with Gasteiger partial charge in [0.15, 0.2) is 5.13 Å². The molecular weight excluding hydrogens is 428 g/mol. The average molecular weight is 444 g/mol. The third-order valence-corrected chi connectivity index (χ3v) is 5.18. The van der Waals surface area contributed by atoms with Crippen molar-refractivity contribution in [1.82, 2.24) is 4.98 Å². The number of aromatic nitrogens is 1. The minimum Gasteiger partial charge on any atom is -0.330 e. The van der Waals surface area contributed by atoms with Gasteiger partial charge in [0, 0.05) is 5.56 Å². The Morgan fingerprint density at radius 2 is 1.31 bits per heavy atom. The van der Waals surface area contributed by atoms with Crippen molar-refractivity contribution in [2.24, 2.45) is 0 Å². The van der Waals surface area contributed by atoms with Crippen molar-refractivity contribution in [2.75, 3.05) is 5.32 Å². The molecular formula is C21H16BrClN2S. The van der Waals surface area contributed by atoms with E-state index >= 15 is 0 Å². The lowest BCUT2D eigenvalue weighted by molar-refractivity contribution is 1.38. The molecule has 26 heavy (non-hydrogen) atoms. The van der Waals surface area contributed by atoms with Crippen molar-refractivity contribution in [2.45, 2.75) is 0 Å². The van der Waals surface area contributed by atoms with Crippen LogP contribution in [-0.4, -0.2) is 4.98 Å². The van der Waals surface area contributed by atoms with E-state index in [1.54, 1.807) is 11.3 Å². The van der Waals surface area contributed by atoms with E-state index in [0.717, 1.165) is 32.5 Å². The van der Waals surface area contributed by atoms with Gasteiger partial charge < -0.3 is 5.32 Å². The molecule has 0 radical (unpaired) electrons. The number of halogens is 2. The Labute approximate surface area is 172 Å². The maximum atomic E-state index is 6.27. The highest BCUT2D eigenvalue weighted by Crippen LogP contribution is 2.40. The Morgan fingerprint density at radius 3 is 1.96 bits per heavy atom. The zero-order chi connectivity index (χ0) is 17.1. The zero-order valence-corrected chi connectivity index (χ0v) is 17.0. The van der Waals surface area contributed by atoms with Crippen molar-refractivity contribution in [3.05, 3.63) is 90.0 Å². The van der Waals surface area contributed by atoms with Crippen LogP contribution in [0.2, 0.25) is 5.02 Å².